The van der Waals surface area contributed by atoms with Crippen molar-refractivity contribution in [3.8, 4) is 0 Å². The maximum absolute atomic E-state index is 13.2. The number of likely N-dealkylation sites (tertiary alicyclic amines) is 1. The first kappa shape index (κ1) is 21.3. The van der Waals surface area contributed by atoms with Crippen LogP contribution in [0.2, 0.25) is 0 Å². The summed E-state index contributed by atoms with van der Waals surface area (Å²) in [6.07, 6.45) is 16.7. The van der Waals surface area contributed by atoms with Gasteiger partial charge in [-0.05, 0) is 80.3 Å². The Morgan fingerprint density at radius 3 is 2.85 bits per heavy atom. The lowest BCUT2D eigenvalue weighted by Crippen LogP contribution is -2.44. The molecule has 0 radical (unpaired) electrons. The van der Waals surface area contributed by atoms with Gasteiger partial charge in [-0.25, -0.2) is 0 Å². The lowest BCUT2D eigenvalue weighted by Gasteiger charge is -2.34. The van der Waals surface area contributed by atoms with Gasteiger partial charge in [0.25, 0.3) is 5.91 Å². The number of allylic oxidation sites excluding steroid dienone is 2. The number of fused-ring (bicyclic) bond motifs is 5. The maximum Gasteiger partial charge on any atom is 0.267 e. The summed E-state index contributed by atoms with van der Waals surface area (Å²) in [5.74, 6) is 2.96. The zero-order valence-electron chi connectivity index (χ0n) is 19.6. The van der Waals surface area contributed by atoms with Crippen LogP contribution in [0.5, 0.6) is 0 Å². The minimum atomic E-state index is -0.103. The van der Waals surface area contributed by atoms with Gasteiger partial charge in [-0.2, -0.15) is 0 Å². The van der Waals surface area contributed by atoms with E-state index in [0.717, 1.165) is 55.9 Å². The van der Waals surface area contributed by atoms with Gasteiger partial charge in [0.05, 0.1) is 12.5 Å². The average Bonchev–Trinajstić information content (AvgIpc) is 3.35. The maximum atomic E-state index is 13.2. The molecule has 33 heavy (non-hydrogen) atoms. The van der Waals surface area contributed by atoms with Crippen molar-refractivity contribution in [2.24, 2.45) is 23.2 Å². The van der Waals surface area contributed by atoms with Crippen molar-refractivity contribution in [1.82, 2.24) is 20.4 Å². The van der Waals surface area contributed by atoms with Crippen LogP contribution in [0.4, 0.5) is 0 Å². The van der Waals surface area contributed by atoms with Crippen molar-refractivity contribution < 1.29 is 14.3 Å². The fraction of sp³-hybridized carbons (Fsp3) is 0.692. The van der Waals surface area contributed by atoms with E-state index >= 15 is 0 Å². The fourth-order valence-electron chi connectivity index (χ4n) is 7.18. The Balaban J connectivity index is 1.06. The molecule has 3 saturated carbocycles. The SMILES string of the molecule is COC1CCN(C(=O)CC2=CN3C(C(=O)NCC45CCC(C4)C4CC4C5)=CC=CC3N2)CC1. The molecule has 4 fully saturated rings. The van der Waals surface area contributed by atoms with Gasteiger partial charge in [0, 0.05) is 38.6 Å². The van der Waals surface area contributed by atoms with Gasteiger partial charge < -0.3 is 25.2 Å². The molecule has 2 amide bonds. The number of piperidine rings is 1. The topological polar surface area (TPSA) is 73.9 Å². The molecule has 0 aromatic carbocycles. The van der Waals surface area contributed by atoms with E-state index in [4.69, 9.17) is 4.74 Å². The highest BCUT2D eigenvalue weighted by Gasteiger charge is 2.57. The quantitative estimate of drug-likeness (QED) is 0.648. The predicted molar refractivity (Wildman–Crippen MR) is 124 cm³/mol. The molecule has 6 aliphatic rings. The lowest BCUT2D eigenvalue weighted by molar-refractivity contribution is -0.132. The summed E-state index contributed by atoms with van der Waals surface area (Å²) in [6, 6.07) is 0. The average molecular weight is 453 g/mol. The van der Waals surface area contributed by atoms with Gasteiger partial charge in [-0.1, -0.05) is 6.08 Å². The largest absolute Gasteiger partial charge is 0.381 e. The van der Waals surface area contributed by atoms with Gasteiger partial charge in [-0.3, -0.25) is 9.59 Å². The molecular formula is C26H36N4O3. The first-order chi connectivity index (χ1) is 16.0. The van der Waals surface area contributed by atoms with Crippen LogP contribution in [-0.2, 0) is 14.3 Å². The standard InChI is InChI=1S/C26H36N4O3/c1-33-20-6-9-29(10-7-20)24(31)12-19-15-30-22(3-2-4-23(30)28-19)25(32)27-16-26-8-5-17(13-26)21-11-18(21)14-26/h2-4,15,17-18,20-21,23,28H,5-14,16H2,1H3,(H,27,32). The third-order valence-corrected chi connectivity index (χ3v) is 9.10. The minimum absolute atomic E-state index is 0.00707. The number of methoxy groups -OCH3 is 1. The molecule has 5 unspecified atom stereocenters. The Bertz CT molecular complexity index is 914. The summed E-state index contributed by atoms with van der Waals surface area (Å²) in [5.41, 5.74) is 1.85. The molecule has 7 nitrogen and oxygen atoms in total. The molecular weight excluding hydrogens is 416 g/mol. The minimum Gasteiger partial charge on any atom is -0.381 e. The van der Waals surface area contributed by atoms with Crippen molar-refractivity contribution in [2.45, 2.75) is 63.6 Å². The van der Waals surface area contributed by atoms with Crippen LogP contribution in [0, 0.1) is 23.2 Å². The number of hydrogen-bond donors (Lipinski definition) is 2. The summed E-state index contributed by atoms with van der Waals surface area (Å²) in [4.78, 5) is 29.9. The molecule has 7 heteroatoms. The second kappa shape index (κ2) is 8.19. The first-order valence-corrected chi connectivity index (χ1v) is 12.8. The third kappa shape index (κ3) is 3.98. The summed E-state index contributed by atoms with van der Waals surface area (Å²) in [6.45, 7) is 2.29. The zero-order chi connectivity index (χ0) is 22.6. The molecule has 3 aliphatic carbocycles. The van der Waals surface area contributed by atoms with E-state index in [1.54, 1.807) is 7.11 Å². The van der Waals surface area contributed by atoms with Crippen LogP contribution in [0.25, 0.3) is 0 Å². The van der Waals surface area contributed by atoms with Crippen molar-refractivity contribution in [3.05, 3.63) is 35.8 Å². The van der Waals surface area contributed by atoms with Crippen molar-refractivity contribution in [2.75, 3.05) is 26.7 Å². The number of nitrogens with zero attached hydrogens (tertiary/aromatic N) is 2. The fourth-order valence-corrected chi connectivity index (χ4v) is 7.18. The summed E-state index contributed by atoms with van der Waals surface area (Å²) < 4.78 is 5.41. The smallest absolute Gasteiger partial charge is 0.267 e. The monoisotopic (exact) mass is 452 g/mol. The number of hydrogen-bond acceptors (Lipinski definition) is 5. The van der Waals surface area contributed by atoms with Gasteiger partial charge in [0.15, 0.2) is 0 Å². The Morgan fingerprint density at radius 1 is 1.21 bits per heavy atom. The van der Waals surface area contributed by atoms with Crippen molar-refractivity contribution in [3.63, 3.8) is 0 Å². The number of rotatable bonds is 6. The van der Waals surface area contributed by atoms with Crippen LogP contribution in [-0.4, -0.2) is 60.6 Å². The van der Waals surface area contributed by atoms with E-state index in [2.05, 4.69) is 10.6 Å². The number of carbonyl (C=O) groups is 2. The Hall–Kier alpha value is -2.28. The second-order valence-electron chi connectivity index (χ2n) is 11.1. The Morgan fingerprint density at radius 2 is 2.03 bits per heavy atom. The van der Waals surface area contributed by atoms with Crippen LogP contribution >= 0.6 is 0 Å². The summed E-state index contributed by atoms with van der Waals surface area (Å²) in [5, 5.41) is 6.70. The van der Waals surface area contributed by atoms with E-state index in [9.17, 15) is 9.59 Å². The number of carbonyl (C=O) groups excluding carboxylic acids is 2. The second-order valence-corrected chi connectivity index (χ2v) is 11.1. The highest BCUT2D eigenvalue weighted by Crippen LogP contribution is 2.65. The number of amides is 2. The highest BCUT2D eigenvalue weighted by molar-refractivity contribution is 5.94. The Labute approximate surface area is 196 Å². The number of nitrogens with one attached hydrogen (secondary N) is 2. The summed E-state index contributed by atoms with van der Waals surface area (Å²) >= 11 is 0. The van der Waals surface area contributed by atoms with Crippen LogP contribution in [0.15, 0.2) is 35.8 Å². The first-order valence-electron chi connectivity index (χ1n) is 12.8. The van der Waals surface area contributed by atoms with Crippen LogP contribution < -0.4 is 10.6 Å². The molecule has 0 spiro atoms. The zero-order valence-corrected chi connectivity index (χ0v) is 19.6. The Kier molecular flexibility index (Phi) is 5.28. The highest BCUT2D eigenvalue weighted by atomic mass is 16.5. The number of ether oxygens (including phenoxy) is 1. The van der Waals surface area contributed by atoms with Crippen LogP contribution in [0.1, 0.15) is 51.4 Å². The molecule has 2 bridgehead atoms. The molecule has 3 aliphatic heterocycles. The third-order valence-electron chi connectivity index (χ3n) is 9.10. The van der Waals surface area contributed by atoms with Crippen molar-refractivity contribution >= 4 is 11.8 Å². The molecule has 178 valence electrons. The van der Waals surface area contributed by atoms with Crippen molar-refractivity contribution in [1.29, 1.82) is 0 Å². The molecule has 0 aromatic heterocycles. The summed E-state index contributed by atoms with van der Waals surface area (Å²) in [7, 11) is 1.74. The van der Waals surface area contributed by atoms with Gasteiger partial charge >= 0.3 is 0 Å². The molecule has 3 heterocycles. The molecule has 0 aromatic rings. The van der Waals surface area contributed by atoms with Crippen LogP contribution in [0.3, 0.4) is 0 Å². The molecule has 6 rings (SSSR count). The lowest BCUT2D eigenvalue weighted by atomic mass is 9.75. The van der Waals surface area contributed by atoms with Gasteiger partial charge in [0.1, 0.15) is 11.9 Å². The van der Waals surface area contributed by atoms with Gasteiger partial charge in [-0.15, -0.1) is 0 Å². The molecule has 1 saturated heterocycles. The molecule has 5 atom stereocenters. The van der Waals surface area contributed by atoms with Gasteiger partial charge in [0.2, 0.25) is 5.91 Å². The van der Waals surface area contributed by atoms with E-state index in [1.165, 1.54) is 32.1 Å². The normalized spacial score (nSPS) is 36.5. The molecule has 2 N–H and O–H groups in total. The van der Waals surface area contributed by atoms with E-state index in [1.807, 2.05) is 34.2 Å². The van der Waals surface area contributed by atoms with E-state index in [0.29, 0.717) is 17.5 Å². The predicted octanol–water partition coefficient (Wildman–Crippen LogP) is 2.48. The van der Waals surface area contributed by atoms with E-state index < -0.39 is 0 Å². The van der Waals surface area contributed by atoms with E-state index in [-0.39, 0.29) is 24.1 Å².